The number of nitriles is 1. The van der Waals surface area contributed by atoms with Gasteiger partial charge in [0.05, 0.1) is 62.0 Å². The number of nitrogens with zero attached hydrogens (tertiary/aromatic N) is 5. The van der Waals surface area contributed by atoms with Crippen molar-refractivity contribution in [3.63, 3.8) is 0 Å². The molecule has 0 atom stereocenters. The van der Waals surface area contributed by atoms with Gasteiger partial charge in [-0.25, -0.2) is 0 Å². The van der Waals surface area contributed by atoms with Crippen LogP contribution in [0.15, 0.2) is 219 Å². The molecular weight excluding hydrogens is 848 g/mol. The number of alkyl halides is 3. The van der Waals surface area contributed by atoms with Crippen LogP contribution in [0.1, 0.15) is 11.1 Å². The van der Waals surface area contributed by atoms with Crippen molar-refractivity contribution < 1.29 is 13.2 Å². The zero-order valence-corrected chi connectivity index (χ0v) is 36.2. The van der Waals surface area contributed by atoms with E-state index in [4.69, 9.17) is 9.97 Å². The zero-order valence-electron chi connectivity index (χ0n) is 36.2. The highest BCUT2D eigenvalue weighted by Gasteiger charge is 2.34. The van der Waals surface area contributed by atoms with Gasteiger partial charge in [0.1, 0.15) is 0 Å². The largest absolute Gasteiger partial charge is 0.416 e. The summed E-state index contributed by atoms with van der Waals surface area (Å²) in [6.07, 6.45) is -1.06. The first-order valence-corrected chi connectivity index (χ1v) is 22.2. The van der Waals surface area contributed by atoms with Crippen molar-refractivity contribution in [1.29, 1.82) is 5.26 Å². The van der Waals surface area contributed by atoms with E-state index < -0.39 is 11.7 Å². The highest BCUT2D eigenvalue weighted by molar-refractivity contribution is 6.13. The summed E-state index contributed by atoms with van der Waals surface area (Å²) in [6.45, 7) is 0. The molecule has 0 aliphatic heterocycles. The molecule has 0 bridgehead atoms. The Morgan fingerprint density at radius 1 is 0.382 bits per heavy atom. The normalized spacial score (nSPS) is 11.7. The van der Waals surface area contributed by atoms with Gasteiger partial charge in [0.15, 0.2) is 0 Å². The molecule has 0 spiro atoms. The number of pyridine rings is 2. The lowest BCUT2D eigenvalue weighted by Crippen LogP contribution is -2.11. The average molecular weight is 884 g/mol. The first-order valence-electron chi connectivity index (χ1n) is 22.2. The molecule has 0 aliphatic rings. The molecule has 0 saturated carbocycles. The van der Waals surface area contributed by atoms with Crippen molar-refractivity contribution in [3.8, 4) is 73.3 Å². The molecule has 5 nitrogen and oxygen atoms in total. The minimum absolute atomic E-state index is 0.314. The van der Waals surface area contributed by atoms with E-state index in [2.05, 4.69) is 6.07 Å². The van der Waals surface area contributed by atoms with Crippen LogP contribution in [0.2, 0.25) is 0 Å². The molecule has 0 radical (unpaired) electrons. The summed E-state index contributed by atoms with van der Waals surface area (Å²) in [5.41, 5.74) is 11.3. The summed E-state index contributed by atoms with van der Waals surface area (Å²) in [4.78, 5) is 9.61. The van der Waals surface area contributed by atoms with Gasteiger partial charge in [0.2, 0.25) is 0 Å². The van der Waals surface area contributed by atoms with Gasteiger partial charge in [-0.1, -0.05) is 146 Å². The molecule has 0 N–H and O–H groups in total. The average Bonchev–Trinajstić information content (AvgIpc) is 3.90. The number of benzene rings is 8. The maximum Gasteiger partial charge on any atom is 0.416 e. The second-order valence-corrected chi connectivity index (χ2v) is 16.8. The molecule has 0 unspecified atom stereocenters. The van der Waals surface area contributed by atoms with E-state index in [9.17, 15) is 5.26 Å². The van der Waals surface area contributed by atoms with Crippen LogP contribution in [-0.2, 0) is 6.18 Å². The highest BCUT2D eigenvalue weighted by atomic mass is 19.4. The summed E-state index contributed by atoms with van der Waals surface area (Å²) >= 11 is 0. The molecule has 4 heterocycles. The van der Waals surface area contributed by atoms with Gasteiger partial charge >= 0.3 is 6.18 Å². The highest BCUT2D eigenvalue weighted by Crippen LogP contribution is 2.46. The molecule has 8 aromatic carbocycles. The maximum absolute atomic E-state index is 15.7. The Morgan fingerprint density at radius 2 is 0.824 bits per heavy atom. The molecule has 0 saturated heterocycles. The van der Waals surface area contributed by atoms with Gasteiger partial charge in [-0.15, -0.1) is 0 Å². The van der Waals surface area contributed by atoms with Crippen molar-refractivity contribution in [2.24, 2.45) is 0 Å². The standard InChI is InChI=1S/C60H36F3N5/c61-60(62,63)46-33-57(67-53-20-9-7-18-47(53)49-26-22-41(31-55(49)67)44-24-28-51(65-36-44)39-13-3-1-4-14-39)59(43-17-11-12-38(30-43)35-64)58(34-46)68-54-21-10-8-19-48(54)50-27-23-42(32-56(50)68)45-25-29-52(66-37-45)40-15-5-2-6-16-40/h1-34,36-37H. The van der Waals surface area contributed by atoms with E-state index in [1.807, 2.05) is 197 Å². The van der Waals surface area contributed by atoms with Gasteiger partial charge < -0.3 is 9.13 Å². The molecule has 12 rings (SSSR count). The Bertz CT molecular complexity index is 3720. The Hall–Kier alpha value is -9.06. The zero-order chi connectivity index (χ0) is 45.9. The van der Waals surface area contributed by atoms with Crippen LogP contribution in [0, 0.1) is 11.3 Å². The summed E-state index contributed by atoms with van der Waals surface area (Å²) in [6, 6.07) is 67.6. The third-order valence-electron chi connectivity index (χ3n) is 12.9. The number of halogens is 3. The van der Waals surface area contributed by atoms with Crippen LogP contribution in [0.5, 0.6) is 0 Å². The van der Waals surface area contributed by atoms with Crippen LogP contribution in [0.25, 0.3) is 111 Å². The Morgan fingerprint density at radius 3 is 1.28 bits per heavy atom. The Balaban J connectivity index is 1.15. The van der Waals surface area contributed by atoms with E-state index in [1.165, 1.54) is 12.1 Å². The van der Waals surface area contributed by atoms with E-state index in [0.717, 1.165) is 88.4 Å². The summed E-state index contributed by atoms with van der Waals surface area (Å²) in [5.74, 6) is 0. The first kappa shape index (κ1) is 40.4. The number of aromatic nitrogens is 4. The van der Waals surface area contributed by atoms with E-state index in [-0.39, 0.29) is 0 Å². The fourth-order valence-corrected chi connectivity index (χ4v) is 9.68. The molecule has 68 heavy (non-hydrogen) atoms. The van der Waals surface area contributed by atoms with Gasteiger partial charge in [0, 0.05) is 61.8 Å². The van der Waals surface area contributed by atoms with E-state index >= 15 is 13.2 Å². The van der Waals surface area contributed by atoms with Gasteiger partial charge in [-0.05, 0) is 77.4 Å². The smallest absolute Gasteiger partial charge is 0.309 e. The number of hydrogen-bond donors (Lipinski definition) is 0. The lowest BCUT2D eigenvalue weighted by molar-refractivity contribution is -0.137. The SMILES string of the molecule is N#Cc1cccc(-c2c(-n3c4ccccc4c4ccc(-c5ccc(-c6ccccc6)nc5)cc43)cc(C(F)(F)F)cc2-n2c3ccccc3c3ccc(-c4ccc(-c5ccccc5)nc4)cc32)c1. The van der Waals surface area contributed by atoms with Crippen molar-refractivity contribution >= 4 is 43.6 Å². The van der Waals surface area contributed by atoms with Crippen molar-refractivity contribution in [2.45, 2.75) is 6.18 Å². The predicted octanol–water partition coefficient (Wildman–Crippen LogP) is 15.9. The first-order chi connectivity index (χ1) is 33.3. The van der Waals surface area contributed by atoms with Gasteiger partial charge in [0.25, 0.3) is 0 Å². The van der Waals surface area contributed by atoms with Crippen LogP contribution < -0.4 is 0 Å². The van der Waals surface area contributed by atoms with Gasteiger partial charge in [-0.2, -0.15) is 18.4 Å². The second-order valence-electron chi connectivity index (χ2n) is 16.8. The third kappa shape index (κ3) is 6.88. The molecule has 0 amide bonds. The van der Waals surface area contributed by atoms with Gasteiger partial charge in [-0.3, -0.25) is 9.97 Å². The number of hydrogen-bond acceptors (Lipinski definition) is 3. The number of rotatable bonds is 7. The minimum atomic E-state index is -4.73. The Labute approximate surface area is 388 Å². The fraction of sp³-hybridized carbons (Fsp3) is 0.0167. The lowest BCUT2D eigenvalue weighted by atomic mass is 9.96. The topological polar surface area (TPSA) is 59.4 Å². The fourth-order valence-electron chi connectivity index (χ4n) is 9.68. The molecular formula is C60H36F3N5. The van der Waals surface area contributed by atoms with Crippen molar-refractivity contribution in [1.82, 2.24) is 19.1 Å². The van der Waals surface area contributed by atoms with E-state index in [1.54, 1.807) is 18.2 Å². The minimum Gasteiger partial charge on any atom is -0.309 e. The molecule has 0 fully saturated rings. The van der Waals surface area contributed by atoms with Crippen LogP contribution in [0.3, 0.4) is 0 Å². The van der Waals surface area contributed by atoms with Crippen LogP contribution in [0.4, 0.5) is 13.2 Å². The van der Waals surface area contributed by atoms with Crippen molar-refractivity contribution in [2.75, 3.05) is 0 Å². The third-order valence-corrected chi connectivity index (χ3v) is 12.9. The molecule has 322 valence electrons. The second kappa shape index (κ2) is 16.1. The van der Waals surface area contributed by atoms with E-state index in [0.29, 0.717) is 28.1 Å². The molecule has 8 heteroatoms. The van der Waals surface area contributed by atoms with Crippen LogP contribution >= 0.6 is 0 Å². The summed E-state index contributed by atoms with van der Waals surface area (Å²) in [7, 11) is 0. The monoisotopic (exact) mass is 883 g/mol. The molecule has 0 aliphatic carbocycles. The molecule has 4 aromatic heterocycles. The summed E-state index contributed by atoms with van der Waals surface area (Å²) < 4.78 is 51.1. The maximum atomic E-state index is 15.7. The van der Waals surface area contributed by atoms with Crippen LogP contribution in [-0.4, -0.2) is 19.1 Å². The Kier molecular flexibility index (Phi) is 9.59. The number of para-hydroxylation sites is 2. The number of fused-ring (bicyclic) bond motifs is 6. The lowest BCUT2D eigenvalue weighted by Gasteiger charge is -2.23. The van der Waals surface area contributed by atoms with Crippen molar-refractivity contribution in [3.05, 3.63) is 230 Å². The summed E-state index contributed by atoms with van der Waals surface area (Å²) in [5, 5.41) is 13.8. The predicted molar refractivity (Wildman–Crippen MR) is 268 cm³/mol. The quantitative estimate of drug-likeness (QED) is 0.160. The molecule has 12 aromatic rings.